The smallest absolute Gasteiger partial charge is 0.336 e. The fourth-order valence-electron chi connectivity index (χ4n) is 2.99. The quantitative estimate of drug-likeness (QED) is 0.679. The highest BCUT2D eigenvalue weighted by molar-refractivity contribution is 5.83. The molecule has 1 aromatic heterocycles. The Morgan fingerprint density at radius 3 is 2.68 bits per heavy atom. The van der Waals surface area contributed by atoms with Gasteiger partial charge in [-0.2, -0.15) is 0 Å². The molecular weight excluding hydrogens is 324 g/mol. The molecule has 0 bridgehead atoms. The fourth-order valence-corrected chi connectivity index (χ4v) is 2.99. The first-order chi connectivity index (χ1) is 11.7. The van der Waals surface area contributed by atoms with Crippen LogP contribution in [0.1, 0.15) is 45.8 Å². The molecule has 25 heavy (non-hydrogen) atoms. The Kier molecular flexibility index (Phi) is 4.33. The van der Waals surface area contributed by atoms with Gasteiger partial charge in [0, 0.05) is 11.5 Å². The van der Waals surface area contributed by atoms with E-state index < -0.39 is 29.4 Å². The molecule has 6 heteroatoms. The van der Waals surface area contributed by atoms with Gasteiger partial charge in [0.25, 0.3) is 0 Å². The second kappa shape index (κ2) is 6.19. The SMILES string of the molecule is CCC(C)C(=O)O[C@H]1[C@@H](O)c2c(ccc3ccc(=O)oc23)OC1(C)C. The zero-order chi connectivity index (χ0) is 18.4. The summed E-state index contributed by atoms with van der Waals surface area (Å²) in [4.78, 5) is 23.9. The Balaban J connectivity index is 2.09. The molecule has 2 heterocycles. The molecule has 1 aliphatic heterocycles. The standard InChI is InChI=1S/C19H22O6/c1-5-10(2)18(22)24-17-15(21)14-12(25-19(17,3)4)8-6-11-7-9-13(20)23-16(11)14/h6-10,15,17,21H,5H2,1-4H3/t10?,15-,17-/m0/s1. The lowest BCUT2D eigenvalue weighted by atomic mass is 9.87. The zero-order valence-electron chi connectivity index (χ0n) is 14.7. The van der Waals surface area contributed by atoms with E-state index in [0.717, 1.165) is 0 Å². The van der Waals surface area contributed by atoms with Gasteiger partial charge in [-0.3, -0.25) is 4.79 Å². The van der Waals surface area contributed by atoms with Crippen molar-refractivity contribution in [2.75, 3.05) is 0 Å². The molecule has 134 valence electrons. The maximum atomic E-state index is 12.2. The highest BCUT2D eigenvalue weighted by Crippen LogP contribution is 2.44. The lowest BCUT2D eigenvalue weighted by Crippen LogP contribution is -2.51. The zero-order valence-corrected chi connectivity index (χ0v) is 14.7. The van der Waals surface area contributed by atoms with Gasteiger partial charge < -0.3 is 19.0 Å². The minimum absolute atomic E-state index is 0.248. The highest BCUT2D eigenvalue weighted by atomic mass is 16.6. The molecule has 3 atom stereocenters. The van der Waals surface area contributed by atoms with Crippen molar-refractivity contribution in [1.82, 2.24) is 0 Å². The number of aliphatic hydroxyl groups is 1. The molecule has 0 radical (unpaired) electrons. The topological polar surface area (TPSA) is 86.0 Å². The molecule has 0 amide bonds. The number of rotatable bonds is 3. The van der Waals surface area contributed by atoms with Gasteiger partial charge in [0.1, 0.15) is 23.0 Å². The highest BCUT2D eigenvalue weighted by Gasteiger charge is 2.47. The number of hydrogen-bond donors (Lipinski definition) is 1. The Hall–Kier alpha value is -2.34. The third kappa shape index (κ3) is 3.02. The molecule has 0 saturated carbocycles. The van der Waals surface area contributed by atoms with Gasteiger partial charge in [0.05, 0.1) is 11.5 Å². The van der Waals surface area contributed by atoms with E-state index in [1.165, 1.54) is 6.07 Å². The molecular formula is C19H22O6. The number of carbonyl (C=O) groups excluding carboxylic acids is 1. The molecule has 0 saturated heterocycles. The van der Waals surface area contributed by atoms with E-state index in [1.807, 2.05) is 6.92 Å². The Bertz CT molecular complexity index is 866. The normalized spacial score (nSPS) is 22.8. The summed E-state index contributed by atoms with van der Waals surface area (Å²) in [7, 11) is 0. The second-order valence-corrected chi connectivity index (χ2v) is 6.97. The summed E-state index contributed by atoms with van der Waals surface area (Å²) < 4.78 is 16.8. The minimum Gasteiger partial charge on any atom is -0.483 e. The van der Waals surface area contributed by atoms with Gasteiger partial charge in [-0.25, -0.2) is 4.79 Å². The average molecular weight is 346 g/mol. The van der Waals surface area contributed by atoms with Gasteiger partial charge in [0.15, 0.2) is 6.10 Å². The molecule has 0 spiro atoms. The summed E-state index contributed by atoms with van der Waals surface area (Å²) in [6.07, 6.45) is -1.45. The van der Waals surface area contributed by atoms with Crippen LogP contribution in [-0.4, -0.2) is 22.8 Å². The summed E-state index contributed by atoms with van der Waals surface area (Å²) in [6.45, 7) is 7.16. The number of esters is 1. The molecule has 1 aliphatic rings. The van der Waals surface area contributed by atoms with Crippen LogP contribution in [0.2, 0.25) is 0 Å². The molecule has 0 aliphatic carbocycles. The molecule has 1 aromatic carbocycles. The van der Waals surface area contributed by atoms with Gasteiger partial charge >= 0.3 is 11.6 Å². The van der Waals surface area contributed by atoms with Crippen LogP contribution in [0.5, 0.6) is 5.75 Å². The monoisotopic (exact) mass is 346 g/mol. The van der Waals surface area contributed by atoms with Crippen LogP contribution >= 0.6 is 0 Å². The van der Waals surface area contributed by atoms with Crippen molar-refractivity contribution in [3.05, 3.63) is 40.2 Å². The fraction of sp³-hybridized carbons (Fsp3) is 0.474. The van der Waals surface area contributed by atoms with E-state index in [4.69, 9.17) is 13.9 Å². The number of ether oxygens (including phenoxy) is 2. The summed E-state index contributed by atoms with van der Waals surface area (Å²) in [5.74, 6) is -0.265. The first kappa shape index (κ1) is 17.5. The van der Waals surface area contributed by atoms with Crippen molar-refractivity contribution < 1.29 is 23.8 Å². The summed E-state index contributed by atoms with van der Waals surface area (Å²) in [5, 5.41) is 11.6. The number of fused-ring (bicyclic) bond motifs is 3. The van der Waals surface area contributed by atoms with Crippen LogP contribution in [0.3, 0.4) is 0 Å². The van der Waals surface area contributed by atoms with Crippen LogP contribution in [-0.2, 0) is 9.53 Å². The van der Waals surface area contributed by atoms with Gasteiger partial charge in [-0.15, -0.1) is 0 Å². The van der Waals surface area contributed by atoms with Gasteiger partial charge in [0.2, 0.25) is 0 Å². The van der Waals surface area contributed by atoms with Crippen LogP contribution in [0.4, 0.5) is 0 Å². The largest absolute Gasteiger partial charge is 0.483 e. The predicted octanol–water partition coefficient (Wildman–Crippen LogP) is 2.96. The van der Waals surface area contributed by atoms with E-state index in [1.54, 1.807) is 39.0 Å². The molecule has 0 fully saturated rings. The first-order valence-electron chi connectivity index (χ1n) is 8.39. The third-order valence-corrected chi connectivity index (χ3v) is 4.69. The molecule has 6 nitrogen and oxygen atoms in total. The van der Waals surface area contributed by atoms with Gasteiger partial charge in [-0.05, 0) is 38.5 Å². The Labute approximate surface area is 145 Å². The van der Waals surface area contributed by atoms with Crippen molar-refractivity contribution in [2.45, 2.75) is 51.9 Å². The van der Waals surface area contributed by atoms with E-state index in [9.17, 15) is 14.7 Å². The number of benzene rings is 1. The molecule has 2 aromatic rings. The number of aliphatic hydroxyl groups excluding tert-OH is 1. The molecule has 1 unspecified atom stereocenters. The lowest BCUT2D eigenvalue weighted by Gasteiger charge is -2.42. The summed E-state index contributed by atoms with van der Waals surface area (Å²) in [5.41, 5.74) is -0.877. The van der Waals surface area contributed by atoms with Crippen molar-refractivity contribution >= 4 is 16.9 Å². The maximum Gasteiger partial charge on any atom is 0.336 e. The van der Waals surface area contributed by atoms with Gasteiger partial charge in [-0.1, -0.05) is 13.8 Å². The van der Waals surface area contributed by atoms with Crippen LogP contribution in [0.25, 0.3) is 11.0 Å². The van der Waals surface area contributed by atoms with E-state index in [2.05, 4.69) is 0 Å². The van der Waals surface area contributed by atoms with E-state index >= 15 is 0 Å². The lowest BCUT2D eigenvalue weighted by molar-refractivity contribution is -0.181. The van der Waals surface area contributed by atoms with E-state index in [-0.39, 0.29) is 11.5 Å². The average Bonchev–Trinajstić information content (AvgIpc) is 2.56. The summed E-state index contributed by atoms with van der Waals surface area (Å²) >= 11 is 0. The Morgan fingerprint density at radius 1 is 1.32 bits per heavy atom. The van der Waals surface area contributed by atoms with Crippen molar-refractivity contribution in [2.24, 2.45) is 5.92 Å². The predicted molar refractivity (Wildman–Crippen MR) is 91.5 cm³/mol. The van der Waals surface area contributed by atoms with Crippen molar-refractivity contribution in [1.29, 1.82) is 0 Å². The second-order valence-electron chi connectivity index (χ2n) is 6.97. The van der Waals surface area contributed by atoms with Crippen LogP contribution in [0, 0.1) is 5.92 Å². The van der Waals surface area contributed by atoms with Crippen molar-refractivity contribution in [3.8, 4) is 5.75 Å². The minimum atomic E-state index is -1.17. The molecule has 1 N–H and O–H groups in total. The summed E-state index contributed by atoms with van der Waals surface area (Å²) in [6, 6.07) is 6.41. The van der Waals surface area contributed by atoms with Crippen LogP contribution in [0.15, 0.2) is 33.5 Å². The maximum absolute atomic E-state index is 12.2. The molecule has 3 rings (SSSR count). The van der Waals surface area contributed by atoms with Crippen molar-refractivity contribution in [3.63, 3.8) is 0 Å². The first-order valence-corrected chi connectivity index (χ1v) is 8.39. The third-order valence-electron chi connectivity index (χ3n) is 4.69. The number of hydrogen-bond acceptors (Lipinski definition) is 6. The van der Waals surface area contributed by atoms with E-state index in [0.29, 0.717) is 23.1 Å². The number of carbonyl (C=O) groups is 1. The Morgan fingerprint density at radius 2 is 2.00 bits per heavy atom. The van der Waals surface area contributed by atoms with Crippen LogP contribution < -0.4 is 10.4 Å².